The van der Waals surface area contributed by atoms with E-state index in [-0.39, 0.29) is 5.82 Å². The Kier molecular flexibility index (Phi) is 6.41. The van der Waals surface area contributed by atoms with Crippen LogP contribution in [-0.2, 0) is 0 Å². The summed E-state index contributed by atoms with van der Waals surface area (Å²) in [6.45, 7) is 2.14. The minimum atomic E-state index is -0.248. The quantitative estimate of drug-likeness (QED) is 0.180. The fraction of sp³-hybridized carbons (Fsp3) is 0.0196. The molecule has 0 atom stereocenters. The first-order valence-electron chi connectivity index (χ1n) is 18.2. The second-order valence-corrected chi connectivity index (χ2v) is 14.2. The Morgan fingerprint density at radius 1 is 0.396 bits per heavy atom. The number of fused-ring (bicyclic) bond motifs is 9. The van der Waals surface area contributed by atoms with Crippen LogP contribution >= 0.6 is 0 Å². The summed E-state index contributed by atoms with van der Waals surface area (Å²) in [4.78, 5) is 2.34. The van der Waals surface area contributed by atoms with Gasteiger partial charge in [-0.2, -0.15) is 0 Å². The van der Waals surface area contributed by atoms with E-state index in [9.17, 15) is 0 Å². The van der Waals surface area contributed by atoms with Crippen LogP contribution in [0.25, 0.3) is 88.3 Å². The number of halogens is 1. The van der Waals surface area contributed by atoms with Gasteiger partial charge in [-0.15, -0.1) is 0 Å². The van der Waals surface area contributed by atoms with Crippen LogP contribution in [-0.4, -0.2) is 0 Å². The predicted molar refractivity (Wildman–Crippen MR) is 221 cm³/mol. The van der Waals surface area contributed by atoms with Crippen LogP contribution in [0.5, 0.6) is 0 Å². The molecule has 1 nitrogen and oxygen atoms in total. The van der Waals surface area contributed by atoms with E-state index in [0.717, 1.165) is 39.3 Å². The first-order chi connectivity index (χ1) is 26.1. The summed E-state index contributed by atoms with van der Waals surface area (Å²) in [6.07, 6.45) is 0. The Balaban J connectivity index is 1.30. The molecule has 11 rings (SSSR count). The summed E-state index contributed by atoms with van der Waals surface area (Å²) in [6, 6.07) is 62.4. The van der Waals surface area contributed by atoms with Crippen molar-refractivity contribution in [1.29, 1.82) is 0 Å². The van der Waals surface area contributed by atoms with Crippen molar-refractivity contribution in [3.05, 3.63) is 187 Å². The van der Waals surface area contributed by atoms with Crippen LogP contribution in [0.2, 0.25) is 0 Å². The highest BCUT2D eigenvalue weighted by Crippen LogP contribution is 2.59. The molecule has 0 amide bonds. The molecule has 0 radical (unpaired) electrons. The number of benzene rings is 9. The molecule has 0 saturated carbocycles. The Hall–Kier alpha value is -6.77. The zero-order valence-corrected chi connectivity index (χ0v) is 29.1. The highest BCUT2D eigenvalue weighted by atomic mass is 19.1. The lowest BCUT2D eigenvalue weighted by Gasteiger charge is -2.29. The van der Waals surface area contributed by atoms with Crippen molar-refractivity contribution in [3.8, 4) is 66.8 Å². The molecule has 0 spiro atoms. The first kappa shape index (κ1) is 29.9. The maximum Gasteiger partial charge on any atom is 0.123 e. The van der Waals surface area contributed by atoms with Gasteiger partial charge in [0, 0.05) is 16.8 Å². The number of hydrogen-bond acceptors (Lipinski definition) is 1. The molecular formula is C51H32FN. The summed E-state index contributed by atoms with van der Waals surface area (Å²) >= 11 is 0. The van der Waals surface area contributed by atoms with Gasteiger partial charge in [-0.05, 0) is 127 Å². The Labute approximate surface area is 307 Å². The second kappa shape index (κ2) is 11.4. The summed E-state index contributed by atoms with van der Waals surface area (Å²) in [5.41, 5.74) is 18.3. The normalized spacial score (nSPS) is 12.3. The number of nitrogens with zero attached hydrogens (tertiary/aromatic N) is 1. The van der Waals surface area contributed by atoms with E-state index in [1.54, 1.807) is 12.1 Å². The zero-order valence-electron chi connectivity index (χ0n) is 29.1. The van der Waals surface area contributed by atoms with E-state index in [1.807, 2.05) is 12.1 Å². The van der Waals surface area contributed by atoms with Crippen molar-refractivity contribution in [1.82, 2.24) is 0 Å². The molecule has 1 aliphatic carbocycles. The van der Waals surface area contributed by atoms with Gasteiger partial charge in [0.15, 0.2) is 0 Å². The minimum Gasteiger partial charge on any atom is -0.309 e. The maximum absolute atomic E-state index is 15.2. The molecule has 0 saturated heterocycles. The molecule has 0 fully saturated rings. The summed E-state index contributed by atoms with van der Waals surface area (Å²) in [5, 5.41) is 4.93. The molecule has 0 N–H and O–H groups in total. The lowest BCUT2D eigenvalue weighted by Crippen LogP contribution is -2.11. The molecule has 9 aromatic carbocycles. The van der Waals surface area contributed by atoms with E-state index in [4.69, 9.17) is 0 Å². The van der Waals surface area contributed by atoms with E-state index >= 15 is 4.39 Å². The van der Waals surface area contributed by atoms with Crippen LogP contribution < -0.4 is 4.90 Å². The third kappa shape index (κ3) is 4.36. The fourth-order valence-corrected chi connectivity index (χ4v) is 9.06. The van der Waals surface area contributed by atoms with Gasteiger partial charge in [0.2, 0.25) is 0 Å². The number of hydrogen-bond donors (Lipinski definition) is 0. The van der Waals surface area contributed by atoms with Gasteiger partial charge in [-0.25, -0.2) is 4.39 Å². The van der Waals surface area contributed by atoms with Crippen molar-refractivity contribution < 1.29 is 4.39 Å². The minimum absolute atomic E-state index is 0.248. The standard InChI is InChI=1S/C51H32FN/c1-31-22-26-45-42(28-31)37-18-8-9-19-38(37)43-29-35(52)23-27-46(43)53(45)36-24-25-39-44(30-36)49(34-14-6-3-7-15-34)51-41-21-11-17-32-16-10-20-40(47(32)41)50(51)48(39)33-12-4-2-5-13-33/h2-30H,1H3. The van der Waals surface area contributed by atoms with Crippen molar-refractivity contribution in [2.45, 2.75) is 6.92 Å². The first-order valence-corrected chi connectivity index (χ1v) is 18.2. The molecule has 0 unspecified atom stereocenters. The van der Waals surface area contributed by atoms with Crippen molar-refractivity contribution in [3.63, 3.8) is 0 Å². The average molecular weight is 678 g/mol. The Morgan fingerprint density at radius 3 is 1.58 bits per heavy atom. The van der Waals surface area contributed by atoms with Crippen LogP contribution in [0.4, 0.5) is 21.5 Å². The van der Waals surface area contributed by atoms with Gasteiger partial charge in [0.05, 0.1) is 11.4 Å². The molecule has 9 aromatic rings. The van der Waals surface area contributed by atoms with Gasteiger partial charge in [-0.1, -0.05) is 139 Å². The summed E-state index contributed by atoms with van der Waals surface area (Å²) < 4.78 is 15.2. The Morgan fingerprint density at radius 2 is 0.943 bits per heavy atom. The lowest BCUT2D eigenvalue weighted by atomic mass is 9.82. The van der Waals surface area contributed by atoms with E-state index in [1.165, 1.54) is 71.6 Å². The van der Waals surface area contributed by atoms with E-state index < -0.39 is 0 Å². The SMILES string of the molecule is Cc1ccc2c(c1)-c1ccccc1-c1cc(F)ccc1N2c1ccc2c(-c3ccccc3)c3c(c(-c4ccccc4)c2c1)-c1cccc2cccc-3c12. The highest BCUT2D eigenvalue weighted by Gasteiger charge is 2.32. The van der Waals surface area contributed by atoms with E-state index in [2.05, 4.69) is 163 Å². The average Bonchev–Trinajstić information content (AvgIpc) is 3.47. The van der Waals surface area contributed by atoms with Gasteiger partial charge < -0.3 is 4.90 Å². The van der Waals surface area contributed by atoms with Crippen LogP contribution in [0.3, 0.4) is 0 Å². The monoisotopic (exact) mass is 677 g/mol. The van der Waals surface area contributed by atoms with Crippen LogP contribution in [0.1, 0.15) is 5.56 Å². The highest BCUT2D eigenvalue weighted by molar-refractivity contribution is 6.28. The van der Waals surface area contributed by atoms with Gasteiger partial charge in [-0.3, -0.25) is 0 Å². The molecule has 1 heterocycles. The molecule has 0 aromatic heterocycles. The smallest absolute Gasteiger partial charge is 0.123 e. The third-order valence-electron chi connectivity index (χ3n) is 11.2. The molecule has 1 aliphatic heterocycles. The van der Waals surface area contributed by atoms with Gasteiger partial charge >= 0.3 is 0 Å². The van der Waals surface area contributed by atoms with Crippen molar-refractivity contribution in [2.75, 3.05) is 4.90 Å². The fourth-order valence-electron chi connectivity index (χ4n) is 9.06. The Bertz CT molecular complexity index is 2880. The van der Waals surface area contributed by atoms with Gasteiger partial charge in [0.1, 0.15) is 5.82 Å². The molecule has 0 bridgehead atoms. The molecule has 2 aliphatic rings. The predicted octanol–water partition coefficient (Wildman–Crippen LogP) is 14.5. The van der Waals surface area contributed by atoms with Crippen LogP contribution in [0.15, 0.2) is 176 Å². The van der Waals surface area contributed by atoms with E-state index in [0.29, 0.717) is 0 Å². The number of anilines is 3. The maximum atomic E-state index is 15.2. The number of aryl methyl sites for hydroxylation is 1. The number of rotatable bonds is 3. The van der Waals surface area contributed by atoms with Gasteiger partial charge in [0.25, 0.3) is 0 Å². The van der Waals surface area contributed by atoms with Crippen LogP contribution in [0, 0.1) is 12.7 Å². The second-order valence-electron chi connectivity index (χ2n) is 14.2. The third-order valence-corrected chi connectivity index (χ3v) is 11.2. The lowest BCUT2D eigenvalue weighted by molar-refractivity contribution is 0.628. The summed E-state index contributed by atoms with van der Waals surface area (Å²) in [5.74, 6) is -0.248. The molecular weight excluding hydrogens is 646 g/mol. The zero-order chi connectivity index (χ0) is 35.2. The van der Waals surface area contributed by atoms with Crippen molar-refractivity contribution in [2.24, 2.45) is 0 Å². The molecule has 248 valence electrons. The largest absolute Gasteiger partial charge is 0.309 e. The molecule has 53 heavy (non-hydrogen) atoms. The summed E-state index contributed by atoms with van der Waals surface area (Å²) in [7, 11) is 0. The molecule has 2 heteroatoms. The van der Waals surface area contributed by atoms with Crippen molar-refractivity contribution >= 4 is 38.6 Å². The topological polar surface area (TPSA) is 3.24 Å².